The van der Waals surface area contributed by atoms with Crippen molar-refractivity contribution in [1.29, 1.82) is 0 Å². The average Bonchev–Trinajstić information content (AvgIpc) is 2.13. The van der Waals surface area contributed by atoms with Crippen LogP contribution in [0.5, 0.6) is 5.75 Å². The second-order valence-corrected chi connectivity index (χ2v) is 12.2. The fourth-order valence-electron chi connectivity index (χ4n) is 1.80. The number of hydrogen-bond donors (Lipinski definition) is 0. The molecule has 3 nitrogen and oxygen atoms in total. The zero-order valence-electron chi connectivity index (χ0n) is 11.6. The van der Waals surface area contributed by atoms with Crippen molar-refractivity contribution in [2.75, 3.05) is 6.61 Å². The van der Waals surface area contributed by atoms with Crippen LogP contribution in [0, 0.1) is 0 Å². The Balaban J connectivity index is 2.70. The first-order chi connectivity index (χ1) is 8.24. The van der Waals surface area contributed by atoms with Gasteiger partial charge in [0.05, 0.1) is 0 Å². The predicted molar refractivity (Wildman–Crippen MR) is 79.8 cm³/mol. The van der Waals surface area contributed by atoms with E-state index in [-0.39, 0.29) is 0 Å². The highest BCUT2D eigenvalue weighted by Crippen LogP contribution is 2.23. The molecule has 0 saturated heterocycles. The lowest BCUT2D eigenvalue weighted by Gasteiger charge is -2.32. The zero-order valence-corrected chi connectivity index (χ0v) is 14.4. The highest BCUT2D eigenvalue weighted by molar-refractivity contribution is 6.79. The van der Waals surface area contributed by atoms with Gasteiger partial charge in [0, 0.05) is 11.6 Å². The molecular formula is C12H21ClO3Si2. The van der Waals surface area contributed by atoms with Gasteiger partial charge in [-0.1, -0.05) is 17.7 Å². The smallest absolute Gasteiger partial charge is 0.383 e. The molecule has 0 heterocycles. The molecule has 0 aliphatic carbocycles. The van der Waals surface area contributed by atoms with Crippen LogP contribution in [0.4, 0.5) is 0 Å². The largest absolute Gasteiger partial charge is 0.521 e. The number of hydrogen-bond acceptors (Lipinski definition) is 3. The van der Waals surface area contributed by atoms with Crippen LogP contribution in [0.15, 0.2) is 24.3 Å². The standard InChI is InChI=1S/C12H21ClO3Si2/c1-6-14-17(2,3)16-18(4,5)15-12-9-7-8-11(13)10-12/h7-10H,6H2,1-5H3. The van der Waals surface area contributed by atoms with Crippen LogP contribution >= 0.6 is 11.6 Å². The van der Waals surface area contributed by atoms with Crippen molar-refractivity contribution in [1.82, 2.24) is 0 Å². The van der Waals surface area contributed by atoms with Gasteiger partial charge in [-0.2, -0.15) is 0 Å². The molecule has 102 valence electrons. The monoisotopic (exact) mass is 304 g/mol. The minimum Gasteiger partial charge on any atom is -0.521 e. The minimum atomic E-state index is -2.26. The van der Waals surface area contributed by atoms with Gasteiger partial charge in [0.2, 0.25) is 0 Å². The van der Waals surface area contributed by atoms with Crippen molar-refractivity contribution in [2.24, 2.45) is 0 Å². The molecule has 0 aromatic heterocycles. The zero-order chi connectivity index (χ0) is 13.8. The van der Waals surface area contributed by atoms with Gasteiger partial charge in [-0.25, -0.2) is 0 Å². The van der Waals surface area contributed by atoms with Crippen molar-refractivity contribution < 1.29 is 13.0 Å². The molecule has 0 saturated carbocycles. The third kappa shape index (κ3) is 5.54. The van der Waals surface area contributed by atoms with E-state index in [1.165, 1.54) is 0 Å². The van der Waals surface area contributed by atoms with Crippen LogP contribution in [0.25, 0.3) is 0 Å². The molecule has 18 heavy (non-hydrogen) atoms. The molecule has 1 rings (SSSR count). The van der Waals surface area contributed by atoms with Gasteiger partial charge in [0.15, 0.2) is 0 Å². The van der Waals surface area contributed by atoms with Crippen LogP contribution in [0.1, 0.15) is 6.92 Å². The first kappa shape index (κ1) is 15.7. The molecule has 0 radical (unpaired) electrons. The van der Waals surface area contributed by atoms with E-state index in [1.54, 1.807) is 6.07 Å². The second kappa shape index (κ2) is 6.21. The average molecular weight is 305 g/mol. The molecule has 0 unspecified atom stereocenters. The minimum absolute atomic E-state index is 0.665. The van der Waals surface area contributed by atoms with Crippen molar-refractivity contribution in [2.45, 2.75) is 33.1 Å². The van der Waals surface area contributed by atoms with Gasteiger partial charge < -0.3 is 13.0 Å². The van der Waals surface area contributed by atoms with Crippen LogP contribution in [0.2, 0.25) is 31.2 Å². The lowest BCUT2D eigenvalue weighted by molar-refractivity contribution is 0.243. The van der Waals surface area contributed by atoms with Crippen LogP contribution in [-0.4, -0.2) is 23.7 Å². The fraction of sp³-hybridized carbons (Fsp3) is 0.500. The molecule has 0 fully saturated rings. The first-order valence-corrected chi connectivity index (χ1v) is 12.0. The number of rotatable bonds is 6. The Bertz CT molecular complexity index is 397. The molecule has 0 N–H and O–H groups in total. The van der Waals surface area contributed by atoms with E-state index in [9.17, 15) is 0 Å². The molecule has 0 amide bonds. The quantitative estimate of drug-likeness (QED) is 0.738. The van der Waals surface area contributed by atoms with Gasteiger partial charge >= 0.3 is 17.1 Å². The highest BCUT2D eigenvalue weighted by Gasteiger charge is 2.37. The summed E-state index contributed by atoms with van der Waals surface area (Å²) in [5.41, 5.74) is 0. The van der Waals surface area contributed by atoms with Gasteiger partial charge in [-0.15, -0.1) is 0 Å². The van der Waals surface area contributed by atoms with E-state index < -0.39 is 17.1 Å². The van der Waals surface area contributed by atoms with Crippen LogP contribution in [0.3, 0.4) is 0 Å². The Morgan fingerprint density at radius 1 is 1.11 bits per heavy atom. The van der Waals surface area contributed by atoms with Gasteiger partial charge in [-0.05, 0) is 51.3 Å². The molecule has 0 aliphatic rings. The maximum absolute atomic E-state index is 6.10. The van der Waals surface area contributed by atoms with E-state index in [0.717, 1.165) is 5.75 Å². The second-order valence-electron chi connectivity index (χ2n) is 4.89. The Morgan fingerprint density at radius 2 is 1.78 bits per heavy atom. The molecular weight excluding hydrogens is 284 g/mol. The van der Waals surface area contributed by atoms with Gasteiger partial charge in [-0.3, -0.25) is 0 Å². The Kier molecular flexibility index (Phi) is 5.42. The summed E-state index contributed by atoms with van der Waals surface area (Å²) in [6.07, 6.45) is 0. The molecule has 6 heteroatoms. The highest BCUT2D eigenvalue weighted by atomic mass is 35.5. The van der Waals surface area contributed by atoms with E-state index in [4.69, 9.17) is 24.6 Å². The van der Waals surface area contributed by atoms with E-state index in [1.807, 2.05) is 51.3 Å². The summed E-state index contributed by atoms with van der Waals surface area (Å²) >= 11 is 5.94. The lowest BCUT2D eigenvalue weighted by Crippen LogP contribution is -2.50. The topological polar surface area (TPSA) is 27.7 Å². The molecule has 0 atom stereocenters. The summed E-state index contributed by atoms with van der Waals surface area (Å²) in [6.45, 7) is 10.7. The van der Waals surface area contributed by atoms with Crippen LogP contribution in [-0.2, 0) is 8.54 Å². The maximum atomic E-state index is 6.10. The van der Waals surface area contributed by atoms with Gasteiger partial charge in [0.1, 0.15) is 5.75 Å². The summed E-state index contributed by atoms with van der Waals surface area (Å²) in [4.78, 5) is 0. The number of halogens is 1. The van der Waals surface area contributed by atoms with Crippen LogP contribution < -0.4 is 4.43 Å². The lowest BCUT2D eigenvalue weighted by atomic mass is 10.3. The number of benzene rings is 1. The van der Waals surface area contributed by atoms with E-state index in [0.29, 0.717) is 11.6 Å². The predicted octanol–water partition coefficient (Wildman–Crippen LogP) is 4.18. The van der Waals surface area contributed by atoms with Crippen molar-refractivity contribution >= 4 is 28.7 Å². The Labute approximate surface area is 117 Å². The molecule has 0 aliphatic heterocycles. The normalized spacial score (nSPS) is 12.6. The Hall–Kier alpha value is -0.336. The molecule has 0 spiro atoms. The molecule has 1 aromatic carbocycles. The van der Waals surface area contributed by atoms with E-state index in [2.05, 4.69) is 0 Å². The summed E-state index contributed by atoms with van der Waals surface area (Å²) < 4.78 is 17.7. The van der Waals surface area contributed by atoms with Crippen molar-refractivity contribution in [3.63, 3.8) is 0 Å². The van der Waals surface area contributed by atoms with Crippen molar-refractivity contribution in [3.8, 4) is 5.75 Å². The third-order valence-electron chi connectivity index (χ3n) is 2.14. The first-order valence-electron chi connectivity index (χ1n) is 6.03. The molecule has 0 bridgehead atoms. The van der Waals surface area contributed by atoms with Gasteiger partial charge in [0.25, 0.3) is 0 Å². The summed E-state index contributed by atoms with van der Waals surface area (Å²) in [5.74, 6) is 0.750. The fourth-order valence-corrected chi connectivity index (χ4v) is 8.51. The summed E-state index contributed by atoms with van der Waals surface area (Å²) in [7, 11) is -4.36. The third-order valence-corrected chi connectivity index (χ3v) is 8.02. The SMILES string of the molecule is CCO[Si](C)(C)O[Si](C)(C)Oc1cccc(Cl)c1. The van der Waals surface area contributed by atoms with E-state index >= 15 is 0 Å². The summed E-state index contributed by atoms with van der Waals surface area (Å²) in [5, 5.41) is 0.665. The summed E-state index contributed by atoms with van der Waals surface area (Å²) in [6, 6.07) is 7.38. The maximum Gasteiger partial charge on any atom is 0.383 e. The Morgan fingerprint density at radius 3 is 2.33 bits per heavy atom. The van der Waals surface area contributed by atoms with Crippen molar-refractivity contribution in [3.05, 3.63) is 29.3 Å². The molecule has 1 aromatic rings.